The highest BCUT2D eigenvalue weighted by Crippen LogP contribution is 2.30. The Morgan fingerprint density at radius 1 is 1.62 bits per heavy atom. The van der Waals surface area contributed by atoms with Crippen LogP contribution >= 0.6 is 0 Å². The van der Waals surface area contributed by atoms with E-state index in [1.54, 1.807) is 0 Å². The summed E-state index contributed by atoms with van der Waals surface area (Å²) < 4.78 is 37.2. The summed E-state index contributed by atoms with van der Waals surface area (Å²) in [6.45, 7) is 0. The number of carbonyl (C=O) groups excluding carboxylic acids is 1. The number of aromatic nitrogens is 2. The maximum absolute atomic E-state index is 12.1. The van der Waals surface area contributed by atoms with Crippen LogP contribution in [0, 0.1) is 0 Å². The van der Waals surface area contributed by atoms with E-state index in [0.29, 0.717) is 0 Å². The minimum atomic E-state index is -4.69. The molecule has 0 aliphatic carbocycles. The van der Waals surface area contributed by atoms with Crippen LogP contribution < -0.4 is 5.73 Å². The first-order chi connectivity index (χ1) is 5.82. The summed E-state index contributed by atoms with van der Waals surface area (Å²) in [6, 6.07) is 0. The van der Waals surface area contributed by atoms with E-state index in [2.05, 4.69) is 5.10 Å². The first-order valence-electron chi connectivity index (χ1n) is 3.19. The fourth-order valence-corrected chi connectivity index (χ4v) is 0.864. The molecule has 7 heteroatoms. The zero-order chi connectivity index (χ0) is 10.2. The zero-order valence-electron chi connectivity index (χ0n) is 6.51. The molecule has 0 saturated carbocycles. The third-order valence-electron chi connectivity index (χ3n) is 1.34. The monoisotopic (exact) mass is 192 g/mol. The van der Waals surface area contributed by atoms with Gasteiger partial charge in [-0.15, -0.1) is 0 Å². The molecule has 0 bridgehead atoms. The number of alkyl halides is 3. The number of nitrogens with zero attached hydrogens (tertiary/aromatic N) is 2. The van der Waals surface area contributed by atoms with Gasteiger partial charge in [-0.05, 0) is 0 Å². The first kappa shape index (κ1) is 9.56. The Bertz CT molecular complexity index is 341. The van der Waals surface area contributed by atoms with Crippen molar-refractivity contribution in [3.8, 4) is 0 Å². The Hall–Kier alpha value is -1.53. The number of rotatable bonds is 1. The maximum Gasteiger partial charge on any atom is 0.435 e. The van der Waals surface area contributed by atoms with Crippen molar-refractivity contribution in [1.29, 1.82) is 0 Å². The van der Waals surface area contributed by atoms with Gasteiger partial charge in [-0.3, -0.25) is 15.2 Å². The molecule has 1 aromatic heterocycles. The van der Waals surface area contributed by atoms with Crippen molar-refractivity contribution in [3.05, 3.63) is 17.5 Å². The van der Waals surface area contributed by atoms with Crippen LogP contribution in [0.1, 0.15) is 16.1 Å². The second-order valence-electron chi connectivity index (χ2n) is 2.39. The molecule has 1 radical (unpaired) electrons. The Labute approximate surface area is 71.1 Å². The molecular formula is C6H5F3N3O. The Morgan fingerprint density at radius 3 is 2.46 bits per heavy atom. The van der Waals surface area contributed by atoms with Crippen LogP contribution in [0.25, 0.3) is 0 Å². The molecule has 0 fully saturated rings. The maximum atomic E-state index is 12.1. The normalized spacial score (nSPS) is 11.7. The van der Waals surface area contributed by atoms with Crippen LogP contribution in [0.15, 0.2) is 6.20 Å². The molecule has 13 heavy (non-hydrogen) atoms. The zero-order valence-corrected chi connectivity index (χ0v) is 6.51. The van der Waals surface area contributed by atoms with Gasteiger partial charge in [0, 0.05) is 13.2 Å². The van der Waals surface area contributed by atoms with Gasteiger partial charge in [-0.1, -0.05) is 0 Å². The number of nitrogens with one attached hydrogen (secondary N) is 1. The van der Waals surface area contributed by atoms with Crippen molar-refractivity contribution in [2.75, 3.05) is 0 Å². The summed E-state index contributed by atoms with van der Waals surface area (Å²) >= 11 is 0. The molecular weight excluding hydrogens is 187 g/mol. The van der Waals surface area contributed by atoms with Crippen LogP contribution in [0.2, 0.25) is 0 Å². The number of aryl methyl sites for hydroxylation is 1. The lowest BCUT2D eigenvalue weighted by Crippen LogP contribution is -2.12. The Morgan fingerprint density at radius 2 is 2.15 bits per heavy atom. The predicted octanol–water partition coefficient (Wildman–Crippen LogP) is 0.862. The third-order valence-corrected chi connectivity index (χ3v) is 1.34. The van der Waals surface area contributed by atoms with Crippen molar-refractivity contribution >= 4 is 5.91 Å². The van der Waals surface area contributed by atoms with E-state index in [9.17, 15) is 18.0 Å². The van der Waals surface area contributed by atoms with E-state index in [4.69, 9.17) is 5.73 Å². The van der Waals surface area contributed by atoms with Crippen molar-refractivity contribution < 1.29 is 18.0 Å². The number of hydrogen-bond donors (Lipinski definition) is 0. The summed E-state index contributed by atoms with van der Waals surface area (Å²) in [5, 5.41) is 3.05. The largest absolute Gasteiger partial charge is 0.435 e. The molecule has 1 rings (SSSR count). The third kappa shape index (κ3) is 1.79. The summed E-state index contributed by atoms with van der Waals surface area (Å²) in [4.78, 5) is 10.4. The fourth-order valence-electron chi connectivity index (χ4n) is 0.864. The molecule has 0 aromatic carbocycles. The number of halogens is 3. The molecule has 1 aromatic rings. The van der Waals surface area contributed by atoms with Crippen molar-refractivity contribution in [2.24, 2.45) is 7.05 Å². The molecule has 1 heterocycles. The van der Waals surface area contributed by atoms with E-state index < -0.39 is 23.3 Å². The Balaban J connectivity index is 3.28. The summed E-state index contributed by atoms with van der Waals surface area (Å²) in [5.74, 6) is -1.39. The second-order valence-corrected chi connectivity index (χ2v) is 2.39. The summed E-state index contributed by atoms with van der Waals surface area (Å²) in [7, 11) is 1.25. The molecule has 0 aliphatic heterocycles. The standard InChI is InChI=1S/C6H5F3N3O/c1-12-2-3(5(10)13)4(11-12)6(7,8)9/h2,10H,1H3. The Kier molecular flexibility index (Phi) is 2.02. The van der Waals surface area contributed by atoms with Gasteiger partial charge >= 0.3 is 6.18 Å². The molecule has 0 spiro atoms. The fraction of sp³-hybridized carbons (Fsp3) is 0.333. The van der Waals surface area contributed by atoms with Gasteiger partial charge in [0.25, 0.3) is 5.91 Å². The lowest BCUT2D eigenvalue weighted by atomic mass is 10.2. The van der Waals surface area contributed by atoms with E-state index in [1.807, 2.05) is 0 Å². The first-order valence-corrected chi connectivity index (χ1v) is 3.19. The minimum Gasteiger partial charge on any atom is -0.274 e. The van der Waals surface area contributed by atoms with Crippen molar-refractivity contribution in [3.63, 3.8) is 0 Å². The topological polar surface area (TPSA) is 58.7 Å². The second kappa shape index (κ2) is 2.75. The molecule has 0 unspecified atom stereocenters. The molecule has 0 aliphatic rings. The van der Waals surface area contributed by atoms with Gasteiger partial charge in [0.05, 0.1) is 5.56 Å². The number of hydrogen-bond acceptors (Lipinski definition) is 2. The number of carbonyl (C=O) groups is 1. The number of amides is 1. The quantitative estimate of drug-likeness (QED) is 0.662. The van der Waals surface area contributed by atoms with Crippen LogP contribution in [0.5, 0.6) is 0 Å². The summed E-state index contributed by atoms with van der Waals surface area (Å²) in [5.41, 5.74) is 4.52. The van der Waals surface area contributed by atoms with Crippen LogP contribution in [0.3, 0.4) is 0 Å². The highest BCUT2D eigenvalue weighted by Gasteiger charge is 2.38. The van der Waals surface area contributed by atoms with Gasteiger partial charge in [-0.2, -0.15) is 18.3 Å². The SMILES string of the molecule is Cn1cc(C([NH])=O)c(C(F)(F)F)n1. The molecule has 1 N–H and O–H groups in total. The highest BCUT2D eigenvalue weighted by atomic mass is 19.4. The lowest BCUT2D eigenvalue weighted by Gasteiger charge is -2.02. The average molecular weight is 192 g/mol. The van der Waals surface area contributed by atoms with Crippen LogP contribution in [0.4, 0.5) is 13.2 Å². The van der Waals surface area contributed by atoms with Crippen molar-refractivity contribution in [1.82, 2.24) is 15.5 Å². The van der Waals surface area contributed by atoms with E-state index in [0.717, 1.165) is 10.9 Å². The van der Waals surface area contributed by atoms with Gasteiger partial charge in [-0.25, -0.2) is 0 Å². The molecule has 0 atom stereocenters. The van der Waals surface area contributed by atoms with Gasteiger partial charge in [0.1, 0.15) is 0 Å². The van der Waals surface area contributed by atoms with E-state index >= 15 is 0 Å². The molecule has 0 saturated heterocycles. The molecule has 71 valence electrons. The van der Waals surface area contributed by atoms with Gasteiger partial charge in [0.15, 0.2) is 5.69 Å². The average Bonchev–Trinajstić information content (AvgIpc) is 2.29. The highest BCUT2D eigenvalue weighted by molar-refractivity contribution is 5.93. The van der Waals surface area contributed by atoms with Crippen LogP contribution in [-0.2, 0) is 13.2 Å². The lowest BCUT2D eigenvalue weighted by molar-refractivity contribution is -0.141. The smallest absolute Gasteiger partial charge is 0.274 e. The van der Waals surface area contributed by atoms with E-state index in [1.165, 1.54) is 7.05 Å². The molecule has 4 nitrogen and oxygen atoms in total. The predicted molar refractivity (Wildman–Crippen MR) is 35.6 cm³/mol. The van der Waals surface area contributed by atoms with Crippen molar-refractivity contribution in [2.45, 2.75) is 6.18 Å². The van der Waals surface area contributed by atoms with E-state index in [-0.39, 0.29) is 0 Å². The molecule has 1 amide bonds. The van der Waals surface area contributed by atoms with Gasteiger partial charge in [0.2, 0.25) is 0 Å². The van der Waals surface area contributed by atoms with Crippen LogP contribution in [-0.4, -0.2) is 15.7 Å². The minimum absolute atomic E-state index is 0.727. The van der Waals surface area contributed by atoms with Gasteiger partial charge < -0.3 is 0 Å². The summed E-state index contributed by atoms with van der Waals surface area (Å²) in [6.07, 6.45) is -3.81.